The summed E-state index contributed by atoms with van der Waals surface area (Å²) in [6.45, 7) is 10.0. The van der Waals surface area contributed by atoms with Gasteiger partial charge in [0.05, 0.1) is 17.9 Å². The lowest BCUT2D eigenvalue weighted by molar-refractivity contribution is -0.122. The Morgan fingerprint density at radius 3 is 2.48 bits per heavy atom. The Labute approximate surface area is 237 Å². The Hall–Kier alpha value is -3.98. The van der Waals surface area contributed by atoms with Crippen molar-refractivity contribution in [2.45, 2.75) is 66.2 Å². The number of esters is 1. The number of nitrogens with one attached hydrogen (secondary N) is 1. The topological polar surface area (TPSA) is 97.7 Å². The highest BCUT2D eigenvalue weighted by Gasteiger charge is 2.37. The molecule has 1 aliphatic heterocycles. The summed E-state index contributed by atoms with van der Waals surface area (Å²) in [5.74, 6) is -1.46. The maximum atomic E-state index is 13.5. The number of thiophene rings is 1. The Balaban J connectivity index is 1.56. The number of imide groups is 2. The number of aryl methyl sites for hydroxylation is 2. The molecule has 0 unspecified atom stereocenters. The quantitative estimate of drug-likeness (QED) is 0.227. The van der Waals surface area contributed by atoms with Gasteiger partial charge in [-0.1, -0.05) is 26.0 Å². The van der Waals surface area contributed by atoms with Gasteiger partial charge in [0, 0.05) is 16.3 Å². The van der Waals surface area contributed by atoms with E-state index in [1.165, 1.54) is 11.0 Å². The summed E-state index contributed by atoms with van der Waals surface area (Å²) < 4.78 is 7.44. The number of carbonyl (C=O) groups excluding carboxylic acids is 4. The highest BCUT2D eigenvalue weighted by Crippen LogP contribution is 2.39. The van der Waals surface area contributed by atoms with E-state index in [0.717, 1.165) is 58.1 Å². The van der Waals surface area contributed by atoms with Crippen LogP contribution in [-0.2, 0) is 27.2 Å². The van der Waals surface area contributed by atoms with Crippen LogP contribution in [0.2, 0.25) is 0 Å². The van der Waals surface area contributed by atoms with E-state index < -0.39 is 17.8 Å². The molecule has 1 aliphatic carbocycles. The molecule has 2 aromatic heterocycles. The fourth-order valence-corrected chi connectivity index (χ4v) is 6.91. The Morgan fingerprint density at radius 2 is 1.80 bits per heavy atom. The molecule has 208 valence electrons. The number of amides is 4. The minimum atomic E-state index is -0.779. The smallest absolute Gasteiger partial charge is 0.341 e. The highest BCUT2D eigenvalue weighted by atomic mass is 32.1. The van der Waals surface area contributed by atoms with Crippen LogP contribution in [0.5, 0.6) is 0 Å². The molecule has 3 aromatic rings. The summed E-state index contributed by atoms with van der Waals surface area (Å²) in [5, 5.41) is 3.10. The van der Waals surface area contributed by atoms with Gasteiger partial charge in [-0.05, 0) is 93.3 Å². The van der Waals surface area contributed by atoms with Crippen LogP contribution in [0.4, 0.5) is 10.5 Å². The first-order valence-corrected chi connectivity index (χ1v) is 14.5. The molecule has 8 nitrogen and oxygen atoms in total. The van der Waals surface area contributed by atoms with Crippen molar-refractivity contribution in [1.82, 2.24) is 9.88 Å². The first kappa shape index (κ1) is 27.6. The van der Waals surface area contributed by atoms with Gasteiger partial charge in [0.25, 0.3) is 11.8 Å². The molecule has 0 bridgehead atoms. The summed E-state index contributed by atoms with van der Waals surface area (Å²) >= 11 is 1.60. The molecule has 0 spiro atoms. The third-order valence-corrected chi connectivity index (χ3v) is 8.80. The average Bonchev–Trinajstić information content (AvgIpc) is 3.42. The molecule has 1 fully saturated rings. The molecule has 9 heteroatoms. The number of carbonyl (C=O) groups is 4. The number of nitrogens with zero attached hydrogens (tertiary/aromatic N) is 2. The van der Waals surface area contributed by atoms with Crippen LogP contribution in [0.3, 0.4) is 0 Å². The molecule has 1 N–H and O–H groups in total. The summed E-state index contributed by atoms with van der Waals surface area (Å²) in [6.07, 6.45) is 5.41. The molecular formula is C31H33N3O5S. The Bertz CT molecular complexity index is 1560. The van der Waals surface area contributed by atoms with E-state index in [1.807, 2.05) is 36.6 Å². The molecule has 3 heterocycles. The average molecular weight is 560 g/mol. The summed E-state index contributed by atoms with van der Waals surface area (Å²) in [4.78, 5) is 54.3. The van der Waals surface area contributed by atoms with Gasteiger partial charge in [0.15, 0.2) is 0 Å². The molecule has 1 aromatic carbocycles. The van der Waals surface area contributed by atoms with Crippen molar-refractivity contribution in [3.05, 3.63) is 74.4 Å². The third kappa shape index (κ3) is 4.79. The monoisotopic (exact) mass is 559 g/mol. The molecule has 5 rings (SSSR count). The fourth-order valence-electron chi connectivity index (χ4n) is 5.42. The molecule has 40 heavy (non-hydrogen) atoms. The standard InChI is InChI=1S/C31H33N3O5S/c1-6-39-30(37)26-23-9-7-8-10-25(23)40-29(26)33-18(4)15-21(19(33)5)16-24-27(35)32-31(38)34(28(24)36)22-13-11-20(12-14-22)17(2)3/h11-17H,6-10H2,1-5H3,(H,32,35,38). The number of anilines is 1. The van der Waals surface area contributed by atoms with Crippen LogP contribution < -0.4 is 10.2 Å². The van der Waals surface area contributed by atoms with Crippen LogP contribution in [0.25, 0.3) is 11.1 Å². The third-order valence-electron chi connectivity index (χ3n) is 7.53. The van der Waals surface area contributed by atoms with Gasteiger partial charge in [-0.25, -0.2) is 14.5 Å². The first-order chi connectivity index (χ1) is 19.1. The van der Waals surface area contributed by atoms with Gasteiger partial charge in [0.2, 0.25) is 0 Å². The van der Waals surface area contributed by atoms with Crippen LogP contribution >= 0.6 is 11.3 Å². The van der Waals surface area contributed by atoms with Crippen molar-refractivity contribution in [2.75, 3.05) is 11.5 Å². The van der Waals surface area contributed by atoms with Gasteiger partial charge < -0.3 is 9.30 Å². The van der Waals surface area contributed by atoms with Gasteiger partial charge in [-0.15, -0.1) is 11.3 Å². The summed E-state index contributed by atoms with van der Waals surface area (Å²) in [7, 11) is 0. The molecule has 0 radical (unpaired) electrons. The Morgan fingerprint density at radius 1 is 1.10 bits per heavy atom. The number of urea groups is 1. The zero-order chi connectivity index (χ0) is 28.7. The van der Waals surface area contributed by atoms with Gasteiger partial charge in [-0.3, -0.25) is 14.9 Å². The van der Waals surface area contributed by atoms with E-state index in [9.17, 15) is 19.2 Å². The summed E-state index contributed by atoms with van der Waals surface area (Å²) in [5.41, 5.74) is 5.29. The summed E-state index contributed by atoms with van der Waals surface area (Å²) in [6, 6.07) is 8.27. The predicted octanol–water partition coefficient (Wildman–Crippen LogP) is 6.00. The van der Waals surface area contributed by atoms with Gasteiger partial charge in [0.1, 0.15) is 10.6 Å². The van der Waals surface area contributed by atoms with Crippen molar-refractivity contribution in [3.63, 3.8) is 0 Å². The molecule has 0 saturated carbocycles. The number of aromatic nitrogens is 1. The molecule has 0 atom stereocenters. The Kier molecular flexibility index (Phi) is 7.51. The van der Waals surface area contributed by atoms with Gasteiger partial charge >= 0.3 is 12.0 Å². The van der Waals surface area contributed by atoms with Crippen molar-refractivity contribution in [2.24, 2.45) is 0 Å². The van der Waals surface area contributed by atoms with E-state index in [4.69, 9.17) is 4.74 Å². The zero-order valence-corrected chi connectivity index (χ0v) is 24.2. The fraction of sp³-hybridized carbons (Fsp3) is 0.355. The maximum absolute atomic E-state index is 13.5. The number of rotatable bonds is 6. The van der Waals surface area contributed by atoms with Gasteiger partial charge in [-0.2, -0.15) is 0 Å². The maximum Gasteiger partial charge on any atom is 0.341 e. The molecule has 4 amide bonds. The number of hydrogen-bond donors (Lipinski definition) is 1. The minimum absolute atomic E-state index is 0.135. The first-order valence-electron chi connectivity index (χ1n) is 13.6. The second-order valence-electron chi connectivity index (χ2n) is 10.5. The number of benzene rings is 1. The van der Waals surface area contributed by atoms with E-state index in [-0.39, 0.29) is 18.1 Å². The number of hydrogen-bond acceptors (Lipinski definition) is 6. The lowest BCUT2D eigenvalue weighted by Gasteiger charge is -2.26. The highest BCUT2D eigenvalue weighted by molar-refractivity contribution is 7.15. The zero-order valence-electron chi connectivity index (χ0n) is 23.4. The predicted molar refractivity (Wildman–Crippen MR) is 155 cm³/mol. The van der Waals surface area contributed by atoms with Crippen molar-refractivity contribution in [1.29, 1.82) is 0 Å². The van der Waals surface area contributed by atoms with E-state index in [2.05, 4.69) is 19.2 Å². The van der Waals surface area contributed by atoms with E-state index in [1.54, 1.807) is 30.4 Å². The SMILES string of the molecule is CCOC(=O)c1c(-n2c(C)cc(C=C3C(=O)NC(=O)N(c4ccc(C(C)C)cc4)C3=O)c2C)sc2c1CCCC2. The number of fused-ring (bicyclic) bond motifs is 1. The normalized spacial score (nSPS) is 16.5. The molecule has 1 saturated heterocycles. The van der Waals surface area contributed by atoms with E-state index >= 15 is 0 Å². The second kappa shape index (κ2) is 10.9. The lowest BCUT2D eigenvalue weighted by Crippen LogP contribution is -2.54. The van der Waals surface area contributed by atoms with Crippen LogP contribution in [-0.4, -0.2) is 35.0 Å². The van der Waals surface area contributed by atoms with Crippen molar-refractivity contribution >= 4 is 46.9 Å². The number of ether oxygens (including phenoxy) is 1. The minimum Gasteiger partial charge on any atom is -0.462 e. The largest absolute Gasteiger partial charge is 0.462 e. The van der Waals surface area contributed by atoms with Crippen LogP contribution in [0.1, 0.15) is 82.8 Å². The van der Waals surface area contributed by atoms with Crippen molar-refractivity contribution < 1.29 is 23.9 Å². The second-order valence-corrected chi connectivity index (χ2v) is 11.6. The van der Waals surface area contributed by atoms with E-state index in [0.29, 0.717) is 22.7 Å². The lowest BCUT2D eigenvalue weighted by atomic mass is 9.95. The molecule has 2 aliphatic rings. The van der Waals surface area contributed by atoms with Crippen molar-refractivity contribution in [3.8, 4) is 5.00 Å². The van der Waals surface area contributed by atoms with Crippen LogP contribution in [0.15, 0.2) is 35.9 Å². The van der Waals surface area contributed by atoms with Crippen LogP contribution in [0, 0.1) is 13.8 Å². The molecular weight excluding hydrogens is 526 g/mol. The number of barbiturate groups is 1.